The highest BCUT2D eigenvalue weighted by Crippen LogP contribution is 2.24. The summed E-state index contributed by atoms with van der Waals surface area (Å²) in [4.78, 5) is 4.04. The van der Waals surface area contributed by atoms with E-state index in [0.29, 0.717) is 17.2 Å². The average Bonchev–Trinajstić information content (AvgIpc) is 2.39. The molecule has 0 bridgehead atoms. The zero-order valence-electron chi connectivity index (χ0n) is 9.21. The van der Waals surface area contributed by atoms with Crippen LogP contribution in [0, 0.1) is 0 Å². The molecule has 2 rings (SSSR count). The third kappa shape index (κ3) is 2.81. The van der Waals surface area contributed by atoms with Crippen LogP contribution < -0.4 is 4.74 Å². The van der Waals surface area contributed by atoms with E-state index < -0.39 is 0 Å². The van der Waals surface area contributed by atoms with Gasteiger partial charge in [0, 0.05) is 17.8 Å². The normalized spacial score (nSPS) is 10.2. The Bertz CT molecular complexity index is 500. The Morgan fingerprint density at radius 1 is 1.06 bits per heavy atom. The molecule has 2 N–H and O–H groups in total. The van der Waals surface area contributed by atoms with Gasteiger partial charge in [-0.2, -0.15) is 0 Å². The number of hydrogen-bond acceptors (Lipinski definition) is 4. The number of benzene rings is 1. The highest BCUT2D eigenvalue weighted by Gasteiger charge is 2.04. The Morgan fingerprint density at radius 3 is 2.65 bits per heavy atom. The summed E-state index contributed by atoms with van der Waals surface area (Å²) in [5.41, 5.74) is 1.43. The van der Waals surface area contributed by atoms with Crippen LogP contribution >= 0.6 is 0 Å². The number of nitrogens with zero attached hydrogens (tertiary/aromatic N) is 1. The number of pyridine rings is 1. The largest absolute Gasteiger partial charge is 0.439 e. The summed E-state index contributed by atoms with van der Waals surface area (Å²) in [7, 11) is 0. The van der Waals surface area contributed by atoms with Gasteiger partial charge in [-0.05, 0) is 17.7 Å². The lowest BCUT2D eigenvalue weighted by Crippen LogP contribution is -1.94. The first-order valence-corrected chi connectivity index (χ1v) is 5.26. The van der Waals surface area contributed by atoms with Crippen molar-refractivity contribution in [3.63, 3.8) is 0 Å². The van der Waals surface area contributed by atoms with Gasteiger partial charge in [0.1, 0.15) is 5.75 Å². The van der Waals surface area contributed by atoms with Crippen LogP contribution in [0.4, 0.5) is 0 Å². The number of aliphatic hydroxyl groups is 2. The van der Waals surface area contributed by atoms with Crippen LogP contribution in [0.15, 0.2) is 42.6 Å². The molecule has 1 aromatic heterocycles. The van der Waals surface area contributed by atoms with Gasteiger partial charge in [-0.1, -0.05) is 18.2 Å². The third-order valence-electron chi connectivity index (χ3n) is 2.34. The lowest BCUT2D eigenvalue weighted by atomic mass is 10.2. The van der Waals surface area contributed by atoms with Crippen molar-refractivity contribution in [3.8, 4) is 11.6 Å². The summed E-state index contributed by atoms with van der Waals surface area (Å²) < 4.78 is 5.56. The summed E-state index contributed by atoms with van der Waals surface area (Å²) in [6, 6.07) is 10.6. The van der Waals surface area contributed by atoms with E-state index in [2.05, 4.69) is 4.98 Å². The van der Waals surface area contributed by atoms with E-state index in [4.69, 9.17) is 14.9 Å². The van der Waals surface area contributed by atoms with Gasteiger partial charge in [0.05, 0.1) is 13.2 Å². The predicted molar refractivity (Wildman–Crippen MR) is 62.6 cm³/mol. The van der Waals surface area contributed by atoms with Crippen LogP contribution in [0.3, 0.4) is 0 Å². The molecule has 4 heteroatoms. The third-order valence-corrected chi connectivity index (χ3v) is 2.34. The fraction of sp³-hybridized carbons (Fsp3) is 0.154. The van der Waals surface area contributed by atoms with Gasteiger partial charge in [0.2, 0.25) is 5.88 Å². The van der Waals surface area contributed by atoms with E-state index in [9.17, 15) is 0 Å². The molecule has 0 unspecified atom stereocenters. The van der Waals surface area contributed by atoms with Gasteiger partial charge in [-0.3, -0.25) is 0 Å². The maximum atomic E-state index is 9.16. The number of aliphatic hydroxyl groups excluding tert-OH is 2. The second kappa shape index (κ2) is 5.43. The smallest absolute Gasteiger partial charge is 0.219 e. The lowest BCUT2D eigenvalue weighted by Gasteiger charge is -2.08. The fourth-order valence-corrected chi connectivity index (χ4v) is 1.45. The highest BCUT2D eigenvalue weighted by atomic mass is 16.5. The number of para-hydroxylation sites is 1. The Labute approximate surface area is 99.1 Å². The van der Waals surface area contributed by atoms with Crippen molar-refractivity contribution in [2.45, 2.75) is 13.2 Å². The first-order valence-electron chi connectivity index (χ1n) is 5.26. The molecule has 0 aliphatic heterocycles. The number of aromatic nitrogens is 1. The van der Waals surface area contributed by atoms with Crippen LogP contribution in [0.5, 0.6) is 11.6 Å². The molecular weight excluding hydrogens is 218 g/mol. The number of hydrogen-bond donors (Lipinski definition) is 2. The summed E-state index contributed by atoms with van der Waals surface area (Å²) in [5, 5.41) is 18.2. The highest BCUT2D eigenvalue weighted by molar-refractivity contribution is 5.36. The van der Waals surface area contributed by atoms with Crippen molar-refractivity contribution in [2.24, 2.45) is 0 Å². The molecule has 0 fully saturated rings. The molecule has 88 valence electrons. The zero-order valence-corrected chi connectivity index (χ0v) is 9.21. The average molecular weight is 231 g/mol. The maximum absolute atomic E-state index is 9.16. The van der Waals surface area contributed by atoms with Gasteiger partial charge >= 0.3 is 0 Å². The SMILES string of the molecule is OCc1ccnc(Oc2ccccc2CO)c1. The van der Waals surface area contributed by atoms with Crippen molar-refractivity contribution in [1.29, 1.82) is 0 Å². The Balaban J connectivity index is 2.24. The van der Waals surface area contributed by atoms with Crippen LogP contribution in [0.1, 0.15) is 11.1 Å². The first-order chi connectivity index (χ1) is 8.33. The Hall–Kier alpha value is -1.91. The van der Waals surface area contributed by atoms with Crippen molar-refractivity contribution in [2.75, 3.05) is 0 Å². The molecule has 4 nitrogen and oxygen atoms in total. The minimum absolute atomic E-state index is 0.0550. The van der Waals surface area contributed by atoms with Gasteiger partial charge in [0.15, 0.2) is 0 Å². The molecule has 17 heavy (non-hydrogen) atoms. The van der Waals surface area contributed by atoms with E-state index >= 15 is 0 Å². The number of ether oxygens (including phenoxy) is 1. The first kappa shape index (κ1) is 11.6. The van der Waals surface area contributed by atoms with Crippen LogP contribution in [-0.2, 0) is 13.2 Å². The quantitative estimate of drug-likeness (QED) is 0.843. The van der Waals surface area contributed by atoms with E-state index in [0.717, 1.165) is 5.56 Å². The molecule has 0 atom stereocenters. The van der Waals surface area contributed by atoms with Crippen molar-refractivity contribution in [3.05, 3.63) is 53.7 Å². The molecule has 1 aromatic carbocycles. The Kier molecular flexibility index (Phi) is 3.69. The number of rotatable bonds is 4. The fourth-order valence-electron chi connectivity index (χ4n) is 1.45. The van der Waals surface area contributed by atoms with Crippen LogP contribution in [0.25, 0.3) is 0 Å². The van der Waals surface area contributed by atoms with E-state index in [1.165, 1.54) is 0 Å². The van der Waals surface area contributed by atoms with Crippen LogP contribution in [0.2, 0.25) is 0 Å². The van der Waals surface area contributed by atoms with Gasteiger partial charge in [-0.25, -0.2) is 4.98 Å². The molecule has 0 aliphatic rings. The molecule has 0 radical (unpaired) electrons. The summed E-state index contributed by atoms with van der Waals surface area (Å²) in [6.07, 6.45) is 1.57. The molecule has 0 spiro atoms. The topological polar surface area (TPSA) is 62.6 Å². The standard InChI is InChI=1S/C13H13NO3/c15-8-10-5-6-14-13(7-10)17-12-4-2-1-3-11(12)9-16/h1-7,15-16H,8-9H2. The zero-order chi connectivity index (χ0) is 12.1. The molecule has 0 amide bonds. The van der Waals surface area contributed by atoms with Crippen molar-refractivity contribution >= 4 is 0 Å². The van der Waals surface area contributed by atoms with E-state index in [1.807, 2.05) is 12.1 Å². The minimum atomic E-state index is -0.0874. The summed E-state index contributed by atoms with van der Waals surface area (Å²) in [6.45, 7) is -0.142. The molecular formula is C13H13NO3. The molecule has 0 saturated carbocycles. The predicted octanol–water partition coefficient (Wildman–Crippen LogP) is 1.86. The van der Waals surface area contributed by atoms with Crippen molar-refractivity contribution in [1.82, 2.24) is 4.98 Å². The van der Waals surface area contributed by atoms with Crippen molar-refractivity contribution < 1.29 is 14.9 Å². The summed E-state index contributed by atoms with van der Waals surface area (Å²) in [5.74, 6) is 0.968. The van der Waals surface area contributed by atoms with Gasteiger partial charge in [0.25, 0.3) is 0 Å². The minimum Gasteiger partial charge on any atom is -0.439 e. The van der Waals surface area contributed by atoms with Gasteiger partial charge in [-0.15, -0.1) is 0 Å². The molecule has 2 aromatic rings. The Morgan fingerprint density at radius 2 is 1.88 bits per heavy atom. The second-order valence-corrected chi connectivity index (χ2v) is 3.53. The second-order valence-electron chi connectivity index (χ2n) is 3.53. The summed E-state index contributed by atoms with van der Waals surface area (Å²) >= 11 is 0. The molecule has 0 saturated heterocycles. The molecule has 1 heterocycles. The maximum Gasteiger partial charge on any atom is 0.219 e. The monoisotopic (exact) mass is 231 g/mol. The molecule has 0 aliphatic carbocycles. The van der Waals surface area contributed by atoms with Gasteiger partial charge < -0.3 is 14.9 Å². The van der Waals surface area contributed by atoms with E-state index in [1.54, 1.807) is 30.5 Å². The lowest BCUT2D eigenvalue weighted by molar-refractivity contribution is 0.275. The van der Waals surface area contributed by atoms with Crippen LogP contribution in [-0.4, -0.2) is 15.2 Å². The van der Waals surface area contributed by atoms with E-state index in [-0.39, 0.29) is 13.2 Å².